The molecule has 6 heteroatoms. The van der Waals surface area contributed by atoms with Crippen molar-refractivity contribution in [3.8, 4) is 5.75 Å². The van der Waals surface area contributed by atoms with E-state index in [1.54, 1.807) is 6.07 Å². The molecule has 0 unspecified atom stereocenters. The van der Waals surface area contributed by atoms with E-state index in [-0.39, 0.29) is 12.0 Å². The molecule has 1 aromatic rings. The Morgan fingerprint density at radius 3 is 2.26 bits per heavy atom. The normalized spacial score (nSPS) is 18.6. The Morgan fingerprint density at radius 1 is 1.04 bits per heavy atom. The van der Waals surface area contributed by atoms with Gasteiger partial charge in [-0.05, 0) is 32.9 Å². The lowest BCUT2D eigenvalue weighted by atomic mass is 9.95. The molecule has 1 heterocycles. The van der Waals surface area contributed by atoms with Gasteiger partial charge in [0.2, 0.25) is 0 Å². The first kappa shape index (κ1) is 21.7. The molecule has 1 aliphatic rings. The first-order valence-electron chi connectivity index (χ1n) is 10.00. The second-order valence-corrected chi connectivity index (χ2v) is 8.03. The van der Waals surface area contributed by atoms with Crippen LogP contribution in [0.2, 0.25) is 0 Å². The Morgan fingerprint density at radius 2 is 1.63 bits per heavy atom. The maximum atomic E-state index is 11.0. The first-order valence-corrected chi connectivity index (χ1v) is 10.00. The van der Waals surface area contributed by atoms with Crippen molar-refractivity contribution in [2.45, 2.75) is 45.7 Å². The fraction of sp³-hybridized carbons (Fsp3) is 0.667. The first-order chi connectivity index (χ1) is 12.8. The molecule has 0 bridgehead atoms. The molecule has 27 heavy (non-hydrogen) atoms. The highest BCUT2D eigenvalue weighted by molar-refractivity contribution is 5.66. The number of carboxylic acid groups (broad SMARTS) is 1. The number of carbonyl (C=O) groups is 1. The molecule has 0 spiro atoms. The molecular formula is C21H35N3O3. The van der Waals surface area contributed by atoms with Crippen molar-refractivity contribution < 1.29 is 15.0 Å². The summed E-state index contributed by atoms with van der Waals surface area (Å²) in [6.07, 6.45) is 0.844. The van der Waals surface area contributed by atoms with Gasteiger partial charge in [-0.15, -0.1) is 0 Å². The summed E-state index contributed by atoms with van der Waals surface area (Å²) in [5.41, 5.74) is 0.805. The number of phenols is 1. The van der Waals surface area contributed by atoms with Crippen molar-refractivity contribution in [2.75, 3.05) is 45.8 Å². The molecule has 0 saturated carbocycles. The molecule has 1 fully saturated rings. The molecule has 0 amide bonds. The third-order valence-electron chi connectivity index (χ3n) is 5.74. The van der Waals surface area contributed by atoms with Crippen molar-refractivity contribution in [1.82, 2.24) is 14.7 Å². The van der Waals surface area contributed by atoms with E-state index < -0.39 is 5.97 Å². The summed E-state index contributed by atoms with van der Waals surface area (Å²) in [6, 6.07) is 7.53. The van der Waals surface area contributed by atoms with Crippen LogP contribution >= 0.6 is 0 Å². The third kappa shape index (κ3) is 6.79. The van der Waals surface area contributed by atoms with Crippen molar-refractivity contribution in [1.29, 1.82) is 0 Å². The number of aliphatic carboxylic acids is 1. The van der Waals surface area contributed by atoms with E-state index in [1.165, 1.54) is 0 Å². The molecule has 0 aliphatic carbocycles. The minimum atomic E-state index is -0.733. The van der Waals surface area contributed by atoms with E-state index in [9.17, 15) is 9.90 Å². The zero-order valence-corrected chi connectivity index (χ0v) is 17.0. The number of rotatable bonds is 7. The predicted octanol–water partition coefficient (Wildman–Crippen LogP) is 2.48. The van der Waals surface area contributed by atoms with Crippen molar-refractivity contribution >= 4 is 5.97 Å². The lowest BCUT2D eigenvalue weighted by Crippen LogP contribution is -2.49. The second-order valence-electron chi connectivity index (χ2n) is 8.03. The zero-order chi connectivity index (χ0) is 19.9. The summed E-state index contributed by atoms with van der Waals surface area (Å²) in [6.45, 7) is 13.9. The van der Waals surface area contributed by atoms with Gasteiger partial charge in [0.05, 0.1) is 0 Å². The summed E-state index contributed by atoms with van der Waals surface area (Å²) in [5, 5.41) is 19.2. The Hall–Kier alpha value is -1.63. The summed E-state index contributed by atoms with van der Waals surface area (Å²) in [7, 11) is 0. The van der Waals surface area contributed by atoms with E-state index in [0.717, 1.165) is 57.9 Å². The number of hydrogen-bond acceptors (Lipinski definition) is 5. The number of benzene rings is 1. The van der Waals surface area contributed by atoms with Crippen LogP contribution in [0.25, 0.3) is 0 Å². The van der Waals surface area contributed by atoms with E-state index in [0.29, 0.717) is 12.2 Å². The van der Waals surface area contributed by atoms with Gasteiger partial charge in [0.25, 0.3) is 0 Å². The van der Waals surface area contributed by atoms with Crippen LogP contribution in [0.4, 0.5) is 0 Å². The van der Waals surface area contributed by atoms with Gasteiger partial charge in [0, 0.05) is 63.3 Å². The van der Waals surface area contributed by atoms with Crippen LogP contribution < -0.4 is 0 Å². The van der Waals surface area contributed by atoms with Crippen LogP contribution in [0.1, 0.15) is 39.2 Å². The standard InChI is InChI=1S/C21H35N3O3/c1-4-22-11-12-23(17-18-7-5-6-8-19(18)25)14-16-24(15-13-22)21(2,3)10-9-20(26)27/h5-8,25H,4,9-17H2,1-3H3,(H,26,27). The minimum absolute atomic E-state index is 0.150. The highest BCUT2D eigenvalue weighted by Gasteiger charge is 2.28. The predicted molar refractivity (Wildman–Crippen MR) is 108 cm³/mol. The quantitative estimate of drug-likeness (QED) is 0.761. The Labute approximate surface area is 163 Å². The van der Waals surface area contributed by atoms with Gasteiger partial charge in [-0.3, -0.25) is 14.6 Å². The molecule has 1 saturated heterocycles. The molecule has 0 radical (unpaired) electrons. The van der Waals surface area contributed by atoms with Crippen molar-refractivity contribution in [3.05, 3.63) is 29.8 Å². The number of likely N-dealkylation sites (N-methyl/N-ethyl adjacent to an activating group) is 1. The maximum absolute atomic E-state index is 11.0. The van der Waals surface area contributed by atoms with E-state index in [1.807, 2.05) is 18.2 Å². The van der Waals surface area contributed by atoms with Crippen LogP contribution in [0.15, 0.2) is 24.3 Å². The van der Waals surface area contributed by atoms with Gasteiger partial charge >= 0.3 is 5.97 Å². The van der Waals surface area contributed by atoms with Gasteiger partial charge in [0.15, 0.2) is 0 Å². The number of carboxylic acids is 1. The van der Waals surface area contributed by atoms with Gasteiger partial charge in [-0.1, -0.05) is 25.1 Å². The molecular weight excluding hydrogens is 342 g/mol. The summed E-state index contributed by atoms with van der Waals surface area (Å²) >= 11 is 0. The number of hydrogen-bond donors (Lipinski definition) is 2. The molecule has 1 aromatic carbocycles. The summed E-state index contributed by atoms with van der Waals surface area (Å²) in [4.78, 5) is 18.3. The lowest BCUT2D eigenvalue weighted by Gasteiger charge is -2.39. The molecule has 2 N–H and O–H groups in total. The Balaban J connectivity index is 2.09. The average molecular weight is 378 g/mol. The van der Waals surface area contributed by atoms with E-state index in [2.05, 4.69) is 35.5 Å². The number of nitrogens with zero attached hydrogens (tertiary/aromatic N) is 3. The molecule has 0 atom stereocenters. The van der Waals surface area contributed by atoms with Crippen molar-refractivity contribution in [3.63, 3.8) is 0 Å². The van der Waals surface area contributed by atoms with E-state index >= 15 is 0 Å². The number of phenolic OH excluding ortho intramolecular Hbond substituents is 1. The van der Waals surface area contributed by atoms with Crippen LogP contribution in [-0.2, 0) is 11.3 Å². The van der Waals surface area contributed by atoms with Crippen molar-refractivity contribution in [2.24, 2.45) is 0 Å². The zero-order valence-electron chi connectivity index (χ0n) is 17.0. The number of aromatic hydroxyl groups is 1. The van der Waals surface area contributed by atoms with Gasteiger partial charge in [0.1, 0.15) is 5.75 Å². The fourth-order valence-electron chi connectivity index (χ4n) is 3.68. The van der Waals surface area contributed by atoms with Crippen LogP contribution in [-0.4, -0.2) is 82.2 Å². The van der Waals surface area contributed by atoms with Gasteiger partial charge in [-0.25, -0.2) is 0 Å². The average Bonchev–Trinajstić information content (AvgIpc) is 2.73. The van der Waals surface area contributed by atoms with Crippen LogP contribution in [0.5, 0.6) is 5.75 Å². The highest BCUT2D eigenvalue weighted by Crippen LogP contribution is 2.22. The summed E-state index contributed by atoms with van der Waals surface area (Å²) in [5.74, 6) is -0.382. The minimum Gasteiger partial charge on any atom is -0.508 e. The highest BCUT2D eigenvalue weighted by atomic mass is 16.4. The maximum Gasteiger partial charge on any atom is 0.303 e. The number of para-hydroxylation sites is 1. The molecule has 1 aliphatic heterocycles. The topological polar surface area (TPSA) is 67.2 Å². The summed E-state index contributed by atoms with van der Waals surface area (Å²) < 4.78 is 0. The van der Waals surface area contributed by atoms with Crippen LogP contribution in [0.3, 0.4) is 0 Å². The van der Waals surface area contributed by atoms with Gasteiger partial charge in [-0.2, -0.15) is 0 Å². The molecule has 2 rings (SSSR count). The monoisotopic (exact) mass is 377 g/mol. The Kier molecular flexibility index (Phi) is 8.07. The largest absolute Gasteiger partial charge is 0.508 e. The third-order valence-corrected chi connectivity index (χ3v) is 5.74. The molecule has 0 aromatic heterocycles. The van der Waals surface area contributed by atoms with E-state index in [4.69, 9.17) is 5.11 Å². The molecule has 6 nitrogen and oxygen atoms in total. The SMILES string of the molecule is CCN1CCN(Cc2ccccc2O)CCN(C(C)(C)CCC(=O)O)CC1. The smallest absolute Gasteiger partial charge is 0.303 e. The second kappa shape index (κ2) is 10.1. The fourth-order valence-corrected chi connectivity index (χ4v) is 3.68. The molecule has 152 valence electrons. The lowest BCUT2D eigenvalue weighted by molar-refractivity contribution is -0.137. The van der Waals surface area contributed by atoms with Gasteiger partial charge < -0.3 is 15.1 Å². The Bertz CT molecular complexity index is 606. The van der Waals surface area contributed by atoms with Crippen LogP contribution in [0, 0.1) is 0 Å².